The maximum Gasteiger partial charge on any atom is 0.418 e. The van der Waals surface area contributed by atoms with Crippen molar-refractivity contribution in [1.82, 2.24) is 9.88 Å². The van der Waals surface area contributed by atoms with Crippen molar-refractivity contribution in [3.8, 4) is 0 Å². The van der Waals surface area contributed by atoms with E-state index in [-0.39, 0.29) is 18.4 Å². The molecule has 0 aliphatic carbocycles. The molecule has 1 aromatic heterocycles. The average Bonchev–Trinajstić information content (AvgIpc) is 2.66. The Morgan fingerprint density at radius 1 is 1.32 bits per heavy atom. The van der Waals surface area contributed by atoms with E-state index in [2.05, 4.69) is 5.32 Å². The number of nitrogens with one attached hydrogen (secondary N) is 1. The summed E-state index contributed by atoms with van der Waals surface area (Å²) < 4.78 is 41.0. The van der Waals surface area contributed by atoms with Gasteiger partial charge in [0.05, 0.1) is 11.1 Å². The molecule has 104 valence electrons. The molecule has 0 fully saturated rings. The summed E-state index contributed by atoms with van der Waals surface area (Å²) in [6.07, 6.45) is -4.31. The van der Waals surface area contributed by atoms with E-state index >= 15 is 0 Å². The van der Waals surface area contributed by atoms with Gasteiger partial charge in [0.15, 0.2) is 0 Å². The smallest absolute Gasteiger partial charge is 0.339 e. The van der Waals surface area contributed by atoms with Crippen LogP contribution in [-0.2, 0) is 12.7 Å². The highest BCUT2D eigenvalue weighted by molar-refractivity contribution is 5.85. The van der Waals surface area contributed by atoms with Crippen molar-refractivity contribution in [2.45, 2.75) is 25.7 Å². The first-order valence-corrected chi connectivity index (χ1v) is 5.89. The van der Waals surface area contributed by atoms with Crippen LogP contribution in [0.3, 0.4) is 0 Å². The molecular formula is C13H14ClF3N2. The van der Waals surface area contributed by atoms with E-state index in [0.717, 1.165) is 11.8 Å². The van der Waals surface area contributed by atoms with Crippen molar-refractivity contribution < 1.29 is 13.2 Å². The maximum atomic E-state index is 13.1. The Morgan fingerprint density at radius 2 is 2.05 bits per heavy atom. The molecule has 0 spiro atoms. The third kappa shape index (κ3) is 2.21. The van der Waals surface area contributed by atoms with Gasteiger partial charge in [-0.15, -0.1) is 12.4 Å². The van der Waals surface area contributed by atoms with Gasteiger partial charge >= 0.3 is 6.18 Å². The van der Waals surface area contributed by atoms with Crippen LogP contribution in [0.15, 0.2) is 24.3 Å². The van der Waals surface area contributed by atoms with Crippen LogP contribution in [0, 0.1) is 0 Å². The number of alkyl halides is 3. The Kier molecular flexibility index (Phi) is 3.53. The number of hydrogen-bond acceptors (Lipinski definition) is 1. The summed E-state index contributed by atoms with van der Waals surface area (Å²) in [7, 11) is 0. The zero-order valence-corrected chi connectivity index (χ0v) is 11.1. The topological polar surface area (TPSA) is 17.0 Å². The summed E-state index contributed by atoms with van der Waals surface area (Å²) in [5.41, 5.74) is 0.689. The van der Waals surface area contributed by atoms with Crippen LogP contribution < -0.4 is 5.32 Å². The number of fused-ring (bicyclic) bond motifs is 3. The maximum absolute atomic E-state index is 13.1. The molecule has 2 nitrogen and oxygen atoms in total. The SMILES string of the molecule is C[C@@H]1CNCc2cc3cccc(C(F)(F)F)c3n21.Cl. The van der Waals surface area contributed by atoms with Gasteiger partial charge in [-0.1, -0.05) is 12.1 Å². The predicted molar refractivity (Wildman–Crippen MR) is 70.6 cm³/mol. The first kappa shape index (κ1) is 14.2. The largest absolute Gasteiger partial charge is 0.418 e. The first-order valence-electron chi connectivity index (χ1n) is 5.89. The van der Waals surface area contributed by atoms with E-state index < -0.39 is 11.7 Å². The number of halogens is 4. The molecule has 0 saturated heterocycles. The van der Waals surface area contributed by atoms with Crippen LogP contribution in [0.5, 0.6) is 0 Å². The lowest BCUT2D eigenvalue weighted by Crippen LogP contribution is -2.31. The number of rotatable bonds is 0. The summed E-state index contributed by atoms with van der Waals surface area (Å²) in [4.78, 5) is 0. The summed E-state index contributed by atoms with van der Waals surface area (Å²) in [5.74, 6) is 0. The normalized spacial score (nSPS) is 19.1. The fraction of sp³-hybridized carbons (Fsp3) is 0.385. The van der Waals surface area contributed by atoms with Gasteiger partial charge in [-0.25, -0.2) is 0 Å². The van der Waals surface area contributed by atoms with Gasteiger partial charge in [0.25, 0.3) is 0 Å². The van der Waals surface area contributed by atoms with Crippen molar-refractivity contribution in [2.24, 2.45) is 0 Å². The number of hydrogen-bond donors (Lipinski definition) is 1. The van der Waals surface area contributed by atoms with Crippen LogP contribution >= 0.6 is 12.4 Å². The van der Waals surface area contributed by atoms with E-state index in [1.54, 1.807) is 6.07 Å². The second-order valence-corrected chi connectivity index (χ2v) is 4.73. The van der Waals surface area contributed by atoms with Crippen LogP contribution in [-0.4, -0.2) is 11.1 Å². The Hall–Kier alpha value is -1.20. The average molecular weight is 291 g/mol. The Bertz CT molecular complexity index is 604. The molecule has 1 aliphatic rings. The fourth-order valence-corrected chi connectivity index (χ4v) is 2.71. The van der Waals surface area contributed by atoms with Gasteiger partial charge in [0.1, 0.15) is 0 Å². The number of nitrogens with zero attached hydrogens (tertiary/aromatic N) is 1. The van der Waals surface area contributed by atoms with E-state index in [1.165, 1.54) is 6.07 Å². The number of aromatic nitrogens is 1. The number of para-hydroxylation sites is 1. The summed E-state index contributed by atoms with van der Waals surface area (Å²) in [6.45, 7) is 3.25. The molecule has 2 heterocycles. The zero-order valence-electron chi connectivity index (χ0n) is 10.3. The third-order valence-corrected chi connectivity index (χ3v) is 3.43. The van der Waals surface area contributed by atoms with Gasteiger partial charge in [-0.05, 0) is 19.1 Å². The Balaban J connectivity index is 0.00000133. The fourth-order valence-electron chi connectivity index (χ4n) is 2.71. The summed E-state index contributed by atoms with van der Waals surface area (Å²) >= 11 is 0. The van der Waals surface area contributed by atoms with Crippen molar-refractivity contribution >= 4 is 23.3 Å². The predicted octanol–water partition coefficient (Wildman–Crippen LogP) is 3.75. The van der Waals surface area contributed by atoms with Gasteiger partial charge in [0.2, 0.25) is 0 Å². The highest BCUT2D eigenvalue weighted by Gasteiger charge is 2.35. The minimum Gasteiger partial charge on any atom is -0.339 e. The molecule has 2 aromatic rings. The van der Waals surface area contributed by atoms with Crippen molar-refractivity contribution in [3.05, 3.63) is 35.5 Å². The standard InChI is InChI=1S/C13H13F3N2.ClH/c1-8-6-17-7-10-5-9-3-2-4-11(13(14,15)16)12(9)18(8)10;/h2-5,8,17H,6-7H2,1H3;1H/t8-;/m1./s1. The minimum absolute atomic E-state index is 0. The van der Waals surface area contributed by atoms with Gasteiger partial charge in [-0.3, -0.25) is 0 Å². The summed E-state index contributed by atoms with van der Waals surface area (Å²) in [5, 5.41) is 3.87. The van der Waals surface area contributed by atoms with Crippen LogP contribution in [0.2, 0.25) is 0 Å². The lowest BCUT2D eigenvalue weighted by Gasteiger charge is -2.25. The van der Waals surface area contributed by atoms with Gasteiger partial charge < -0.3 is 9.88 Å². The van der Waals surface area contributed by atoms with E-state index in [1.807, 2.05) is 17.6 Å². The molecule has 0 saturated carbocycles. The van der Waals surface area contributed by atoms with Crippen LogP contribution in [0.4, 0.5) is 13.2 Å². The Morgan fingerprint density at radius 3 is 2.74 bits per heavy atom. The molecule has 1 atom stereocenters. The molecule has 1 aromatic carbocycles. The minimum atomic E-state index is -4.31. The first-order chi connectivity index (χ1) is 8.48. The highest BCUT2D eigenvalue weighted by atomic mass is 35.5. The quantitative estimate of drug-likeness (QED) is 0.782. The van der Waals surface area contributed by atoms with Crippen LogP contribution in [0.1, 0.15) is 24.2 Å². The molecular weight excluding hydrogens is 277 g/mol. The number of benzene rings is 1. The van der Waals surface area contributed by atoms with Gasteiger partial charge in [0, 0.05) is 30.2 Å². The monoisotopic (exact) mass is 290 g/mol. The summed E-state index contributed by atoms with van der Waals surface area (Å²) in [6, 6.07) is 6.24. The van der Waals surface area contributed by atoms with E-state index in [0.29, 0.717) is 24.0 Å². The highest BCUT2D eigenvalue weighted by Crippen LogP contribution is 2.37. The van der Waals surface area contributed by atoms with Gasteiger partial charge in [-0.2, -0.15) is 13.2 Å². The third-order valence-electron chi connectivity index (χ3n) is 3.43. The second-order valence-electron chi connectivity index (χ2n) is 4.73. The van der Waals surface area contributed by atoms with Crippen molar-refractivity contribution in [1.29, 1.82) is 0 Å². The lowest BCUT2D eigenvalue weighted by molar-refractivity contribution is -0.136. The molecule has 0 bridgehead atoms. The van der Waals surface area contributed by atoms with E-state index in [4.69, 9.17) is 0 Å². The van der Waals surface area contributed by atoms with Crippen LogP contribution in [0.25, 0.3) is 10.9 Å². The molecule has 0 radical (unpaired) electrons. The second kappa shape index (κ2) is 4.72. The van der Waals surface area contributed by atoms with Crippen molar-refractivity contribution in [2.75, 3.05) is 6.54 Å². The molecule has 3 rings (SSSR count). The molecule has 0 amide bonds. The lowest BCUT2D eigenvalue weighted by atomic mass is 10.1. The Labute approximate surface area is 115 Å². The molecule has 19 heavy (non-hydrogen) atoms. The molecule has 1 N–H and O–H groups in total. The zero-order chi connectivity index (χ0) is 12.9. The van der Waals surface area contributed by atoms with E-state index in [9.17, 15) is 13.2 Å². The molecule has 1 aliphatic heterocycles. The molecule has 6 heteroatoms. The van der Waals surface area contributed by atoms with Crippen molar-refractivity contribution in [3.63, 3.8) is 0 Å². The molecule has 0 unspecified atom stereocenters.